The fraction of sp³-hybridized carbons (Fsp3) is 0.778. The summed E-state index contributed by atoms with van der Waals surface area (Å²) in [5, 5.41) is 10.7. The van der Waals surface area contributed by atoms with Crippen molar-refractivity contribution in [2.45, 2.75) is 25.0 Å². The van der Waals surface area contributed by atoms with Crippen molar-refractivity contribution in [3.05, 3.63) is 6.07 Å². The highest BCUT2D eigenvalue weighted by molar-refractivity contribution is 5.44. The third-order valence-corrected chi connectivity index (χ3v) is 6.01. The van der Waals surface area contributed by atoms with Gasteiger partial charge in [-0.3, -0.25) is 4.90 Å². The van der Waals surface area contributed by atoms with Gasteiger partial charge in [-0.2, -0.15) is 9.97 Å². The molecule has 0 aromatic carbocycles. The van der Waals surface area contributed by atoms with E-state index in [1.54, 1.807) is 14.2 Å². The number of hydrogen-bond acceptors (Lipinski definition) is 8. The number of fused-ring (bicyclic) bond motifs is 1. The summed E-state index contributed by atoms with van der Waals surface area (Å²) in [6, 6.07) is 2.42. The predicted molar refractivity (Wildman–Crippen MR) is 95.7 cm³/mol. The van der Waals surface area contributed by atoms with E-state index in [1.165, 1.54) is 0 Å². The van der Waals surface area contributed by atoms with Gasteiger partial charge in [0.25, 0.3) is 0 Å². The maximum atomic E-state index is 10.7. The molecule has 1 aromatic rings. The summed E-state index contributed by atoms with van der Waals surface area (Å²) in [5.41, 5.74) is 0. The van der Waals surface area contributed by atoms with E-state index in [2.05, 4.69) is 19.8 Å². The van der Waals surface area contributed by atoms with Gasteiger partial charge in [0.1, 0.15) is 5.82 Å². The van der Waals surface area contributed by atoms with Gasteiger partial charge >= 0.3 is 6.01 Å². The normalized spacial score (nSPS) is 32.3. The number of morpholine rings is 1. The minimum absolute atomic E-state index is 0.245. The molecule has 8 nitrogen and oxygen atoms in total. The van der Waals surface area contributed by atoms with E-state index in [-0.39, 0.29) is 12.1 Å². The van der Waals surface area contributed by atoms with Gasteiger partial charge in [0, 0.05) is 38.3 Å². The maximum absolute atomic E-state index is 10.7. The molecule has 8 heteroatoms. The van der Waals surface area contributed by atoms with Crippen molar-refractivity contribution in [2.75, 3.05) is 58.5 Å². The van der Waals surface area contributed by atoms with Crippen LogP contribution in [0.5, 0.6) is 11.9 Å². The summed E-state index contributed by atoms with van der Waals surface area (Å²) in [6.07, 6.45) is 1.62. The molecule has 3 fully saturated rings. The van der Waals surface area contributed by atoms with Crippen LogP contribution >= 0.6 is 0 Å². The van der Waals surface area contributed by atoms with Gasteiger partial charge in [-0.25, -0.2) is 0 Å². The molecular formula is C18H28N4O4. The highest BCUT2D eigenvalue weighted by Gasteiger charge is 2.44. The second-order valence-electron chi connectivity index (χ2n) is 7.43. The van der Waals surface area contributed by atoms with Crippen molar-refractivity contribution in [2.24, 2.45) is 11.8 Å². The summed E-state index contributed by atoms with van der Waals surface area (Å²) >= 11 is 0. The average molecular weight is 364 g/mol. The van der Waals surface area contributed by atoms with E-state index in [1.807, 2.05) is 6.07 Å². The fourth-order valence-electron chi connectivity index (χ4n) is 4.65. The molecule has 144 valence electrons. The van der Waals surface area contributed by atoms with Gasteiger partial charge in [0.15, 0.2) is 0 Å². The second kappa shape index (κ2) is 7.54. The number of hydrogen-bond donors (Lipinski definition) is 1. The Bertz CT molecular complexity index is 603. The minimum Gasteiger partial charge on any atom is -0.481 e. The zero-order valence-corrected chi connectivity index (χ0v) is 15.5. The number of ether oxygens (including phenoxy) is 3. The lowest BCUT2D eigenvalue weighted by molar-refractivity contribution is -0.0520. The monoisotopic (exact) mass is 364 g/mol. The molecule has 3 heterocycles. The lowest BCUT2D eigenvalue weighted by atomic mass is 9.77. The van der Waals surface area contributed by atoms with Crippen molar-refractivity contribution < 1.29 is 19.3 Å². The number of aliphatic hydroxyl groups is 1. The van der Waals surface area contributed by atoms with E-state index < -0.39 is 0 Å². The molecule has 1 saturated carbocycles. The van der Waals surface area contributed by atoms with Gasteiger partial charge in [0.05, 0.1) is 33.5 Å². The molecular weight excluding hydrogens is 336 g/mol. The Morgan fingerprint density at radius 2 is 1.81 bits per heavy atom. The van der Waals surface area contributed by atoms with Gasteiger partial charge < -0.3 is 24.2 Å². The summed E-state index contributed by atoms with van der Waals surface area (Å²) in [5.74, 6) is 2.40. The molecule has 0 amide bonds. The molecule has 4 rings (SSSR count). The second-order valence-corrected chi connectivity index (χ2v) is 7.43. The zero-order chi connectivity index (χ0) is 18.1. The van der Waals surface area contributed by atoms with Crippen LogP contribution in [-0.2, 0) is 4.74 Å². The Balaban J connectivity index is 1.47. The number of nitrogens with zero attached hydrogens (tertiary/aromatic N) is 4. The number of anilines is 1. The molecule has 0 unspecified atom stereocenters. The fourth-order valence-corrected chi connectivity index (χ4v) is 4.65. The molecule has 0 bridgehead atoms. The van der Waals surface area contributed by atoms with E-state index in [4.69, 9.17) is 14.2 Å². The van der Waals surface area contributed by atoms with E-state index in [9.17, 15) is 5.11 Å². The van der Waals surface area contributed by atoms with E-state index in [0.29, 0.717) is 23.7 Å². The first-order valence-electron chi connectivity index (χ1n) is 9.39. The van der Waals surface area contributed by atoms with Crippen LogP contribution in [0.2, 0.25) is 0 Å². The topological polar surface area (TPSA) is 80.2 Å². The summed E-state index contributed by atoms with van der Waals surface area (Å²) < 4.78 is 15.9. The lowest BCUT2D eigenvalue weighted by Gasteiger charge is -2.43. The first-order valence-corrected chi connectivity index (χ1v) is 9.39. The van der Waals surface area contributed by atoms with Crippen LogP contribution < -0.4 is 14.4 Å². The molecule has 1 N–H and O–H groups in total. The maximum Gasteiger partial charge on any atom is 0.321 e. The van der Waals surface area contributed by atoms with Crippen LogP contribution in [0.3, 0.4) is 0 Å². The van der Waals surface area contributed by atoms with Crippen LogP contribution in [0.15, 0.2) is 6.07 Å². The van der Waals surface area contributed by atoms with Crippen LogP contribution in [0.1, 0.15) is 12.8 Å². The van der Waals surface area contributed by atoms with Crippen molar-refractivity contribution in [1.82, 2.24) is 14.9 Å². The molecule has 0 radical (unpaired) electrons. The smallest absolute Gasteiger partial charge is 0.321 e. The van der Waals surface area contributed by atoms with Crippen molar-refractivity contribution >= 4 is 5.82 Å². The summed E-state index contributed by atoms with van der Waals surface area (Å²) in [4.78, 5) is 13.3. The molecule has 26 heavy (non-hydrogen) atoms. The largest absolute Gasteiger partial charge is 0.481 e. The highest BCUT2D eigenvalue weighted by Crippen LogP contribution is 2.40. The molecule has 1 aromatic heterocycles. The third kappa shape index (κ3) is 3.45. The van der Waals surface area contributed by atoms with E-state index in [0.717, 1.165) is 58.1 Å². The molecule has 2 saturated heterocycles. The number of rotatable bonds is 4. The summed E-state index contributed by atoms with van der Waals surface area (Å²) in [6.45, 7) is 5.22. The standard InChI is InChI=1S/C18H28N4O4/c1-24-17-9-16(19-18(20-17)25-2)22-10-12-7-14(15(23)8-13(12)11-22)21-3-5-26-6-4-21/h9,12-15,23H,3-8,10-11H2,1-2H3/t12-,13+,14-,15-/m1/s1. The third-order valence-electron chi connectivity index (χ3n) is 6.01. The number of aliphatic hydroxyl groups excluding tert-OH is 1. The average Bonchev–Trinajstić information content (AvgIpc) is 3.10. The SMILES string of the molecule is COc1cc(N2C[C@H]3C[C@@H](N4CCOCC4)[C@H](O)C[C@H]3C2)nc(OC)n1. The molecule has 2 aliphatic heterocycles. The van der Waals surface area contributed by atoms with Crippen LogP contribution in [-0.4, -0.2) is 85.7 Å². The first kappa shape index (κ1) is 17.8. The Morgan fingerprint density at radius 3 is 2.50 bits per heavy atom. The van der Waals surface area contributed by atoms with Crippen LogP contribution in [0.25, 0.3) is 0 Å². The lowest BCUT2D eigenvalue weighted by Crippen LogP contribution is -2.53. The van der Waals surface area contributed by atoms with Gasteiger partial charge in [-0.05, 0) is 24.7 Å². The quantitative estimate of drug-likeness (QED) is 0.823. The number of aromatic nitrogens is 2. The van der Waals surface area contributed by atoms with Crippen molar-refractivity contribution in [3.8, 4) is 11.9 Å². The highest BCUT2D eigenvalue weighted by atomic mass is 16.5. The van der Waals surface area contributed by atoms with Crippen LogP contribution in [0.4, 0.5) is 5.82 Å². The molecule has 3 aliphatic rings. The summed E-state index contributed by atoms with van der Waals surface area (Å²) in [7, 11) is 3.16. The molecule has 1 aliphatic carbocycles. The molecule has 0 spiro atoms. The minimum atomic E-state index is -0.260. The predicted octanol–water partition coefficient (Wildman–Crippen LogP) is 0.402. The number of methoxy groups -OCH3 is 2. The molecule has 4 atom stereocenters. The van der Waals surface area contributed by atoms with Gasteiger partial charge in [-0.15, -0.1) is 0 Å². The van der Waals surface area contributed by atoms with Gasteiger partial charge in [-0.1, -0.05) is 0 Å². The Kier molecular flexibility index (Phi) is 5.15. The first-order chi connectivity index (χ1) is 12.7. The van der Waals surface area contributed by atoms with E-state index >= 15 is 0 Å². The van der Waals surface area contributed by atoms with Crippen molar-refractivity contribution in [1.29, 1.82) is 0 Å². The van der Waals surface area contributed by atoms with Gasteiger partial charge in [0.2, 0.25) is 5.88 Å². The van der Waals surface area contributed by atoms with Crippen molar-refractivity contribution in [3.63, 3.8) is 0 Å². The zero-order valence-electron chi connectivity index (χ0n) is 15.5. The Labute approximate surface area is 154 Å². The Hall–Kier alpha value is -1.64. The van der Waals surface area contributed by atoms with Crippen LogP contribution in [0, 0.1) is 11.8 Å². The Morgan fingerprint density at radius 1 is 1.08 bits per heavy atom.